The van der Waals surface area contributed by atoms with E-state index in [0.29, 0.717) is 0 Å². The van der Waals surface area contributed by atoms with Crippen molar-refractivity contribution in [3.63, 3.8) is 0 Å². The van der Waals surface area contributed by atoms with Gasteiger partial charge in [0, 0.05) is 0 Å². The van der Waals surface area contributed by atoms with Crippen LogP contribution in [0, 0.1) is 0 Å². The van der Waals surface area contributed by atoms with Crippen molar-refractivity contribution in [1.82, 2.24) is 4.90 Å². The van der Waals surface area contributed by atoms with E-state index in [1.165, 1.54) is 154 Å². The first-order valence-electron chi connectivity index (χ1n) is 13.6. The average molecular weight is 416 g/mol. The van der Waals surface area contributed by atoms with Gasteiger partial charge >= 0.3 is 0 Å². The largest absolute Gasteiger partial charge is 0.303 e. The molecule has 178 valence electrons. The van der Waals surface area contributed by atoms with Crippen LogP contribution >= 0.6 is 0 Å². The van der Waals surface area contributed by atoms with Crippen LogP contribution < -0.4 is 0 Å². The molecule has 0 spiro atoms. The van der Waals surface area contributed by atoms with E-state index in [1.54, 1.807) is 0 Å². The topological polar surface area (TPSA) is 3.24 Å². The molecule has 0 aliphatic rings. The fourth-order valence-electron chi connectivity index (χ4n) is 4.21. The molecule has 0 unspecified atom stereocenters. The lowest BCUT2D eigenvalue weighted by Gasteiger charge is -2.22. The van der Waals surface area contributed by atoms with Gasteiger partial charge in [-0.15, -0.1) is 0 Å². The molecule has 0 radical (unpaired) electrons. The van der Waals surface area contributed by atoms with Crippen molar-refractivity contribution in [3.8, 4) is 0 Å². The molecule has 0 aromatic rings. The molecular weight excluding hydrogens is 357 g/mol. The fraction of sp³-hybridized carbons (Fsp3) is 1.00. The van der Waals surface area contributed by atoms with Crippen LogP contribution in [-0.2, 0) is 0 Å². The summed E-state index contributed by atoms with van der Waals surface area (Å²) in [5.74, 6) is 0. The van der Waals surface area contributed by atoms with Crippen molar-refractivity contribution in [2.24, 2.45) is 0 Å². The lowest BCUT2D eigenvalue weighted by atomic mass is 10.1. The molecule has 0 atom stereocenters. The van der Waals surface area contributed by atoms with Gasteiger partial charge in [-0.3, -0.25) is 4.70 Å². The summed E-state index contributed by atoms with van der Waals surface area (Å²) in [6.07, 6.45) is 30.2. The number of rotatable bonds is 24. The molecule has 29 heavy (non-hydrogen) atoms. The van der Waals surface area contributed by atoms with Crippen molar-refractivity contribution in [2.75, 3.05) is 19.6 Å². The number of nitrogens with zero attached hydrogens (tertiary/aromatic N) is 1. The summed E-state index contributed by atoms with van der Waals surface area (Å²) in [6, 6.07) is 0. The van der Waals surface area contributed by atoms with Crippen LogP contribution in [0.4, 0.5) is 4.70 Å². The Morgan fingerprint density at radius 1 is 0.310 bits per heavy atom. The second-order valence-electron chi connectivity index (χ2n) is 9.21. The Hall–Kier alpha value is -0.110. The van der Waals surface area contributed by atoms with E-state index >= 15 is 0 Å². The summed E-state index contributed by atoms with van der Waals surface area (Å²) in [5.41, 5.74) is 0. The van der Waals surface area contributed by atoms with Crippen LogP contribution in [0.15, 0.2) is 0 Å². The Labute approximate surface area is 185 Å². The van der Waals surface area contributed by atoms with Gasteiger partial charge in [0.2, 0.25) is 0 Å². The molecule has 0 aromatic carbocycles. The van der Waals surface area contributed by atoms with Crippen LogP contribution in [0.5, 0.6) is 0 Å². The normalized spacial score (nSPS) is 11.2. The van der Waals surface area contributed by atoms with E-state index in [2.05, 4.69) is 25.7 Å². The molecule has 0 aromatic heterocycles. The van der Waals surface area contributed by atoms with Gasteiger partial charge in [0.05, 0.1) is 0 Å². The zero-order valence-electron chi connectivity index (χ0n) is 20.8. The summed E-state index contributed by atoms with van der Waals surface area (Å²) in [5, 5.41) is 0. The predicted molar refractivity (Wildman–Crippen MR) is 133 cm³/mol. The quantitative estimate of drug-likeness (QED) is 0.142. The molecule has 2 heteroatoms. The minimum atomic E-state index is 0. The Morgan fingerprint density at radius 2 is 0.517 bits per heavy atom. The first-order valence-corrected chi connectivity index (χ1v) is 13.6. The monoisotopic (exact) mass is 415 g/mol. The van der Waals surface area contributed by atoms with Crippen LogP contribution in [0.3, 0.4) is 0 Å². The maximum absolute atomic E-state index is 2.81. The zero-order chi connectivity index (χ0) is 20.5. The molecule has 0 saturated heterocycles. The van der Waals surface area contributed by atoms with Gasteiger partial charge < -0.3 is 4.90 Å². The standard InChI is InChI=1S/C27H57N.FH/c1-4-7-10-13-16-19-22-25-28(26-23-20-17-14-11-8-5-2)27-24-21-18-15-12-9-6-3;/h4-27H2,1-3H3;1H. The third-order valence-electron chi connectivity index (χ3n) is 6.23. The molecule has 0 rings (SSSR count). The van der Waals surface area contributed by atoms with Gasteiger partial charge in [0.15, 0.2) is 0 Å². The molecule has 1 nitrogen and oxygen atoms in total. The third-order valence-corrected chi connectivity index (χ3v) is 6.23. The highest BCUT2D eigenvalue weighted by molar-refractivity contribution is 4.60. The summed E-state index contributed by atoms with van der Waals surface area (Å²) < 4.78 is 0. The second kappa shape index (κ2) is 27.9. The van der Waals surface area contributed by atoms with E-state index in [4.69, 9.17) is 0 Å². The smallest absolute Gasteiger partial charge is 0.00187 e. The molecule has 0 saturated carbocycles. The highest BCUT2D eigenvalue weighted by Gasteiger charge is 2.05. The van der Waals surface area contributed by atoms with Crippen molar-refractivity contribution in [2.45, 2.75) is 156 Å². The van der Waals surface area contributed by atoms with E-state index in [1.807, 2.05) is 0 Å². The van der Waals surface area contributed by atoms with E-state index < -0.39 is 0 Å². The van der Waals surface area contributed by atoms with E-state index in [0.717, 1.165) is 0 Å². The molecule has 0 heterocycles. The minimum absolute atomic E-state index is 0. The van der Waals surface area contributed by atoms with Gasteiger partial charge in [-0.25, -0.2) is 0 Å². The van der Waals surface area contributed by atoms with E-state index in [9.17, 15) is 0 Å². The summed E-state index contributed by atoms with van der Waals surface area (Å²) >= 11 is 0. The van der Waals surface area contributed by atoms with Gasteiger partial charge in [-0.05, 0) is 38.9 Å². The number of unbranched alkanes of at least 4 members (excludes halogenated alkanes) is 18. The maximum atomic E-state index is 2.81. The summed E-state index contributed by atoms with van der Waals surface area (Å²) in [4.78, 5) is 2.81. The first kappa shape index (κ1) is 31.1. The van der Waals surface area contributed by atoms with Gasteiger partial charge in [-0.1, -0.05) is 136 Å². The molecule has 0 fully saturated rings. The minimum Gasteiger partial charge on any atom is -0.303 e. The van der Waals surface area contributed by atoms with Crippen molar-refractivity contribution in [3.05, 3.63) is 0 Å². The maximum Gasteiger partial charge on any atom is -0.00187 e. The van der Waals surface area contributed by atoms with Gasteiger partial charge in [0.25, 0.3) is 0 Å². The predicted octanol–water partition coefficient (Wildman–Crippen LogP) is 9.69. The first-order chi connectivity index (χ1) is 13.8. The SMILES string of the molecule is CCCCCCCCCN(CCCCCCCCC)CCCCCCCCC.F. The highest BCUT2D eigenvalue weighted by atomic mass is 19.0. The lowest BCUT2D eigenvalue weighted by Crippen LogP contribution is -2.27. The zero-order valence-corrected chi connectivity index (χ0v) is 20.8. The van der Waals surface area contributed by atoms with Crippen molar-refractivity contribution < 1.29 is 4.70 Å². The Kier molecular flexibility index (Phi) is 29.9. The molecule has 0 N–H and O–H groups in total. The van der Waals surface area contributed by atoms with Crippen LogP contribution in [0.25, 0.3) is 0 Å². The van der Waals surface area contributed by atoms with Gasteiger partial charge in [-0.2, -0.15) is 0 Å². The lowest BCUT2D eigenvalue weighted by molar-refractivity contribution is 0.254. The van der Waals surface area contributed by atoms with E-state index in [-0.39, 0.29) is 4.70 Å². The molecule has 0 aliphatic carbocycles. The second-order valence-corrected chi connectivity index (χ2v) is 9.21. The van der Waals surface area contributed by atoms with Gasteiger partial charge in [0.1, 0.15) is 0 Å². The summed E-state index contributed by atoms with van der Waals surface area (Å²) in [7, 11) is 0. The molecular formula is C27H58FN. The highest BCUT2D eigenvalue weighted by Crippen LogP contribution is 2.12. The van der Waals surface area contributed by atoms with Crippen LogP contribution in [0.2, 0.25) is 0 Å². The van der Waals surface area contributed by atoms with Crippen molar-refractivity contribution in [1.29, 1.82) is 0 Å². The number of hydrogen-bond acceptors (Lipinski definition) is 1. The molecule has 0 aliphatic heterocycles. The van der Waals surface area contributed by atoms with Crippen molar-refractivity contribution >= 4 is 0 Å². The molecule has 0 bridgehead atoms. The number of hydrogen-bond donors (Lipinski definition) is 0. The molecule has 0 amide bonds. The van der Waals surface area contributed by atoms with Crippen LogP contribution in [-0.4, -0.2) is 24.5 Å². The average Bonchev–Trinajstić information content (AvgIpc) is 2.71. The summed E-state index contributed by atoms with van der Waals surface area (Å²) in [6.45, 7) is 11.0. The number of halogens is 1. The Bertz CT molecular complexity index is 226. The Balaban J connectivity index is 0. The van der Waals surface area contributed by atoms with Crippen LogP contribution in [0.1, 0.15) is 156 Å². The third kappa shape index (κ3) is 25.9. The Morgan fingerprint density at radius 3 is 0.759 bits per heavy atom. The fourth-order valence-corrected chi connectivity index (χ4v) is 4.21.